The summed E-state index contributed by atoms with van der Waals surface area (Å²) in [5.74, 6) is 0. The zero-order valence-corrected chi connectivity index (χ0v) is 8.67. The maximum absolute atomic E-state index is 3.45. The molecule has 0 aliphatic carbocycles. The number of hydrogen-bond acceptors (Lipinski definition) is 3. The summed E-state index contributed by atoms with van der Waals surface area (Å²) < 4.78 is 0. The van der Waals surface area contributed by atoms with Crippen molar-refractivity contribution in [2.75, 3.05) is 0 Å². The van der Waals surface area contributed by atoms with E-state index in [2.05, 4.69) is 28.2 Å². The molecule has 1 aliphatic heterocycles. The average molecular weight is 207 g/mol. The van der Waals surface area contributed by atoms with Gasteiger partial charge in [0, 0.05) is 22.8 Å². The molecule has 0 saturated carbocycles. The first-order chi connectivity index (χ1) is 6.45. The molecule has 3 heterocycles. The Balaban J connectivity index is 2.27. The van der Waals surface area contributed by atoms with Gasteiger partial charge in [0.2, 0.25) is 0 Å². The highest BCUT2D eigenvalue weighted by molar-refractivity contribution is 7.20. The quantitative estimate of drug-likeness (QED) is 0.700. The van der Waals surface area contributed by atoms with Crippen LogP contribution in [-0.4, -0.2) is 0 Å². The van der Waals surface area contributed by atoms with Crippen LogP contribution in [0.2, 0.25) is 0 Å². The molecule has 0 atom stereocenters. The van der Waals surface area contributed by atoms with Crippen molar-refractivity contribution in [3.8, 4) is 9.75 Å². The van der Waals surface area contributed by atoms with Crippen LogP contribution in [0.25, 0.3) is 9.75 Å². The Morgan fingerprint density at radius 1 is 0.923 bits per heavy atom. The van der Waals surface area contributed by atoms with Gasteiger partial charge in [0.25, 0.3) is 0 Å². The minimum atomic E-state index is 1.01. The van der Waals surface area contributed by atoms with Crippen molar-refractivity contribution < 1.29 is 0 Å². The van der Waals surface area contributed by atoms with Crippen LogP contribution in [-0.2, 0) is 13.1 Å². The van der Waals surface area contributed by atoms with E-state index in [0.29, 0.717) is 0 Å². The summed E-state index contributed by atoms with van der Waals surface area (Å²) in [7, 11) is 0. The first-order valence-electron chi connectivity index (χ1n) is 4.29. The number of thiophene rings is 2. The van der Waals surface area contributed by atoms with Crippen molar-refractivity contribution in [2.24, 2.45) is 0 Å². The summed E-state index contributed by atoms with van der Waals surface area (Å²) in [6, 6.07) is 4.45. The summed E-state index contributed by atoms with van der Waals surface area (Å²) >= 11 is 3.71. The van der Waals surface area contributed by atoms with Crippen LogP contribution in [0.3, 0.4) is 0 Å². The molecule has 0 bridgehead atoms. The van der Waals surface area contributed by atoms with E-state index in [1.807, 2.05) is 22.7 Å². The normalized spacial score (nSPS) is 14.8. The van der Waals surface area contributed by atoms with Crippen molar-refractivity contribution in [1.82, 2.24) is 5.32 Å². The lowest BCUT2D eigenvalue weighted by atomic mass is 10.2. The van der Waals surface area contributed by atoms with E-state index in [0.717, 1.165) is 13.1 Å². The van der Waals surface area contributed by atoms with Gasteiger partial charge in [-0.1, -0.05) is 0 Å². The van der Waals surface area contributed by atoms with E-state index in [1.165, 1.54) is 20.9 Å². The van der Waals surface area contributed by atoms with E-state index >= 15 is 0 Å². The van der Waals surface area contributed by atoms with Crippen LogP contribution in [0.5, 0.6) is 0 Å². The summed E-state index contributed by atoms with van der Waals surface area (Å²) in [5, 5.41) is 7.81. The van der Waals surface area contributed by atoms with Crippen molar-refractivity contribution in [3.63, 3.8) is 0 Å². The summed E-state index contributed by atoms with van der Waals surface area (Å²) in [6.45, 7) is 2.03. The highest BCUT2D eigenvalue weighted by Crippen LogP contribution is 2.37. The van der Waals surface area contributed by atoms with E-state index < -0.39 is 0 Å². The van der Waals surface area contributed by atoms with Gasteiger partial charge < -0.3 is 5.32 Å². The van der Waals surface area contributed by atoms with Gasteiger partial charge in [-0.05, 0) is 34.0 Å². The average Bonchev–Trinajstić information content (AvgIpc) is 2.72. The molecule has 0 fully saturated rings. The predicted octanol–water partition coefficient (Wildman–Crippen LogP) is 3.08. The Morgan fingerprint density at radius 3 is 2.00 bits per heavy atom. The standard InChI is InChI=1S/C10H9NS2/c1-3-12-9-7(1)5-11-6-8-2-4-13-10(8)9/h1-4,11H,5-6H2. The number of nitrogens with one attached hydrogen (secondary N) is 1. The molecule has 0 spiro atoms. The third kappa shape index (κ3) is 1.15. The zero-order valence-electron chi connectivity index (χ0n) is 7.04. The number of rotatable bonds is 0. The van der Waals surface area contributed by atoms with Crippen LogP contribution in [0.15, 0.2) is 22.9 Å². The molecule has 0 aromatic carbocycles. The Bertz CT molecular complexity index is 387. The van der Waals surface area contributed by atoms with Crippen LogP contribution in [0, 0.1) is 0 Å². The highest BCUT2D eigenvalue weighted by Gasteiger charge is 2.15. The number of hydrogen-bond donors (Lipinski definition) is 1. The smallest absolute Gasteiger partial charge is 0.0490 e. The molecular formula is C10H9NS2. The fourth-order valence-corrected chi connectivity index (χ4v) is 3.76. The van der Waals surface area contributed by atoms with Gasteiger partial charge in [-0.25, -0.2) is 0 Å². The largest absolute Gasteiger partial charge is 0.309 e. The van der Waals surface area contributed by atoms with Gasteiger partial charge in [0.05, 0.1) is 0 Å². The molecule has 1 N–H and O–H groups in total. The molecular weight excluding hydrogens is 198 g/mol. The van der Waals surface area contributed by atoms with Crippen molar-refractivity contribution in [2.45, 2.75) is 13.1 Å². The van der Waals surface area contributed by atoms with Crippen molar-refractivity contribution in [1.29, 1.82) is 0 Å². The van der Waals surface area contributed by atoms with Gasteiger partial charge >= 0.3 is 0 Å². The lowest BCUT2D eigenvalue weighted by Crippen LogP contribution is -2.09. The molecule has 0 unspecified atom stereocenters. The Hall–Kier alpha value is -0.640. The highest BCUT2D eigenvalue weighted by atomic mass is 32.1. The summed E-state index contributed by atoms with van der Waals surface area (Å²) in [5.41, 5.74) is 2.90. The van der Waals surface area contributed by atoms with Crippen LogP contribution < -0.4 is 5.32 Å². The Morgan fingerprint density at radius 2 is 1.46 bits per heavy atom. The van der Waals surface area contributed by atoms with Crippen molar-refractivity contribution in [3.05, 3.63) is 34.0 Å². The van der Waals surface area contributed by atoms with Crippen LogP contribution >= 0.6 is 22.7 Å². The fraction of sp³-hybridized carbons (Fsp3) is 0.200. The van der Waals surface area contributed by atoms with Crippen molar-refractivity contribution >= 4 is 22.7 Å². The first kappa shape index (κ1) is 7.74. The lowest BCUT2D eigenvalue weighted by molar-refractivity contribution is 0.705. The minimum absolute atomic E-state index is 1.01. The SMILES string of the molecule is c1cc2c(s1)-c1sccc1CNC2. The lowest BCUT2D eigenvalue weighted by Gasteiger charge is -1.96. The van der Waals surface area contributed by atoms with Crippen LogP contribution in [0.4, 0.5) is 0 Å². The Kier molecular flexibility index (Phi) is 1.75. The fourth-order valence-electron chi connectivity index (χ4n) is 1.68. The van der Waals surface area contributed by atoms with Gasteiger partial charge in [-0.2, -0.15) is 0 Å². The van der Waals surface area contributed by atoms with Gasteiger partial charge in [-0.3, -0.25) is 0 Å². The zero-order chi connectivity index (χ0) is 8.67. The second kappa shape index (κ2) is 2.94. The van der Waals surface area contributed by atoms with E-state index in [-0.39, 0.29) is 0 Å². The number of fused-ring (bicyclic) bond motifs is 3. The predicted molar refractivity (Wildman–Crippen MR) is 58.2 cm³/mol. The molecule has 0 amide bonds. The molecule has 0 radical (unpaired) electrons. The van der Waals surface area contributed by atoms with Gasteiger partial charge in [0.15, 0.2) is 0 Å². The molecule has 3 heteroatoms. The third-order valence-electron chi connectivity index (χ3n) is 2.33. The molecule has 2 aromatic heterocycles. The van der Waals surface area contributed by atoms with Gasteiger partial charge in [-0.15, -0.1) is 22.7 Å². The molecule has 66 valence electrons. The minimum Gasteiger partial charge on any atom is -0.309 e. The molecule has 0 saturated heterocycles. The second-order valence-corrected chi connectivity index (χ2v) is 4.99. The Labute approximate surface area is 85.0 Å². The van der Waals surface area contributed by atoms with Crippen LogP contribution in [0.1, 0.15) is 11.1 Å². The topological polar surface area (TPSA) is 12.0 Å². The molecule has 3 rings (SSSR count). The molecule has 1 aliphatic rings. The van der Waals surface area contributed by atoms with E-state index in [9.17, 15) is 0 Å². The van der Waals surface area contributed by atoms with E-state index in [1.54, 1.807) is 0 Å². The second-order valence-electron chi connectivity index (χ2n) is 3.15. The maximum atomic E-state index is 3.45. The summed E-state index contributed by atoms with van der Waals surface area (Å²) in [4.78, 5) is 2.94. The third-order valence-corrected chi connectivity index (χ3v) is 4.41. The van der Waals surface area contributed by atoms with Gasteiger partial charge in [0.1, 0.15) is 0 Å². The maximum Gasteiger partial charge on any atom is 0.0490 e. The first-order valence-corrected chi connectivity index (χ1v) is 6.05. The molecule has 1 nitrogen and oxygen atoms in total. The summed E-state index contributed by atoms with van der Waals surface area (Å²) in [6.07, 6.45) is 0. The molecule has 2 aromatic rings. The monoisotopic (exact) mass is 207 g/mol. The molecule has 13 heavy (non-hydrogen) atoms. The van der Waals surface area contributed by atoms with E-state index in [4.69, 9.17) is 0 Å².